The summed E-state index contributed by atoms with van der Waals surface area (Å²) in [7, 11) is 0. The molecule has 0 saturated heterocycles. The molecule has 0 saturated carbocycles. The average Bonchev–Trinajstić information content (AvgIpc) is 3.76. The van der Waals surface area contributed by atoms with Crippen LogP contribution in [0.1, 0.15) is 22.5 Å². The van der Waals surface area contributed by atoms with E-state index in [1.165, 1.54) is 25.1 Å². The van der Waals surface area contributed by atoms with Crippen LogP contribution in [0.4, 0.5) is 22.0 Å². The maximum atomic E-state index is 14.3. The molecule has 0 radical (unpaired) electrons. The Morgan fingerprint density at radius 1 is 0.562 bits per heavy atom. The topological polar surface area (TPSA) is 139 Å². The highest BCUT2D eigenvalue weighted by molar-refractivity contribution is 5.86. The molecule has 0 aliphatic carbocycles. The standard InChI is InChI=1S/C33H11F5N10/c1-13-3-23-24(6-17(13)34)44-31(43-23)15(11-39)14-4-22(16(12-40)32-45-25-7-18(35)19(36)8-26(25)46-32)42-29(5-14)30(41-2)33-47-27-9-20(37)21(38)10-28(27)48-33/h3-10H,1H3/b31-15-. The van der Waals surface area contributed by atoms with Crippen molar-refractivity contribution in [1.82, 2.24) is 4.98 Å². The summed E-state index contributed by atoms with van der Waals surface area (Å²) in [6.07, 6.45) is 0. The number of allylic oxidation sites excluding steroid dienone is 2. The Balaban J connectivity index is 1.50. The minimum atomic E-state index is -1.18. The molecule has 0 spiro atoms. The van der Waals surface area contributed by atoms with E-state index in [4.69, 9.17) is 6.57 Å². The first-order valence-electron chi connectivity index (χ1n) is 13.6. The van der Waals surface area contributed by atoms with Crippen LogP contribution in [-0.2, 0) is 0 Å². The highest BCUT2D eigenvalue weighted by atomic mass is 19.2. The minimum absolute atomic E-state index is 0.0419. The van der Waals surface area contributed by atoms with Gasteiger partial charge in [0.25, 0.3) is 5.70 Å². The van der Waals surface area contributed by atoms with E-state index < -0.39 is 29.1 Å². The van der Waals surface area contributed by atoms with Gasteiger partial charge < -0.3 is 0 Å². The molecule has 0 atom stereocenters. The first kappa shape index (κ1) is 29.6. The lowest BCUT2D eigenvalue weighted by Gasteiger charge is -2.09. The normalized spacial score (nSPS) is 14.3. The van der Waals surface area contributed by atoms with Crippen molar-refractivity contribution in [3.63, 3.8) is 0 Å². The molecule has 10 nitrogen and oxygen atoms in total. The van der Waals surface area contributed by atoms with Gasteiger partial charge in [0.2, 0.25) is 0 Å². The molecule has 7 rings (SSSR count). The van der Waals surface area contributed by atoms with Gasteiger partial charge >= 0.3 is 0 Å². The predicted molar refractivity (Wildman–Crippen MR) is 154 cm³/mol. The minimum Gasteiger partial charge on any atom is -0.259 e. The van der Waals surface area contributed by atoms with Gasteiger partial charge in [-0.3, -0.25) is 4.98 Å². The molecule has 228 valence electrons. The van der Waals surface area contributed by atoms with E-state index in [1.807, 2.05) is 12.1 Å². The van der Waals surface area contributed by atoms with Gasteiger partial charge in [0.15, 0.2) is 40.7 Å². The van der Waals surface area contributed by atoms with E-state index in [0.717, 1.165) is 30.3 Å². The van der Waals surface area contributed by atoms with Crippen molar-refractivity contribution >= 4 is 16.8 Å². The molecule has 3 aliphatic heterocycles. The zero-order chi connectivity index (χ0) is 33.9. The third kappa shape index (κ3) is 4.90. The highest BCUT2D eigenvalue weighted by Crippen LogP contribution is 2.30. The fraction of sp³-hybridized carbons (Fsp3) is 0.0303. The number of rotatable bonds is 3. The Morgan fingerprint density at radius 3 is 1.42 bits per heavy atom. The van der Waals surface area contributed by atoms with Gasteiger partial charge in [-0.2, -0.15) is 10.5 Å². The smallest absolute Gasteiger partial charge is 0.255 e. The molecule has 4 aromatic rings. The molecule has 3 aliphatic rings. The maximum absolute atomic E-state index is 14.3. The largest absolute Gasteiger partial charge is 0.259 e. The first-order chi connectivity index (χ1) is 23.1. The fourth-order valence-electron chi connectivity index (χ4n) is 4.95. The lowest BCUT2D eigenvalue weighted by Crippen LogP contribution is -2.23. The van der Waals surface area contributed by atoms with Gasteiger partial charge in [0.05, 0.1) is 50.1 Å². The molecule has 4 heterocycles. The molecule has 0 N–H and O–H groups in total. The van der Waals surface area contributed by atoms with E-state index in [9.17, 15) is 32.5 Å². The van der Waals surface area contributed by atoms with E-state index in [0.29, 0.717) is 10.9 Å². The van der Waals surface area contributed by atoms with Crippen LogP contribution in [0.15, 0.2) is 95.9 Å². The highest BCUT2D eigenvalue weighted by Gasteiger charge is 2.23. The van der Waals surface area contributed by atoms with Crippen molar-refractivity contribution in [2.24, 2.45) is 30.0 Å². The van der Waals surface area contributed by atoms with E-state index >= 15 is 0 Å². The second-order valence-electron chi connectivity index (χ2n) is 10.3. The number of aryl methyl sites for hydroxylation is 1. The van der Waals surface area contributed by atoms with Gasteiger partial charge in [-0.1, -0.05) is 0 Å². The molecule has 3 aromatic carbocycles. The van der Waals surface area contributed by atoms with Gasteiger partial charge in [-0.15, -0.1) is 0 Å². The molecule has 15 heteroatoms. The van der Waals surface area contributed by atoms with E-state index in [1.54, 1.807) is 0 Å². The van der Waals surface area contributed by atoms with Crippen LogP contribution in [0.2, 0.25) is 0 Å². The number of halogens is 5. The van der Waals surface area contributed by atoms with Crippen LogP contribution in [0.3, 0.4) is 0 Å². The number of hydrogen-bond donors (Lipinski definition) is 0. The second-order valence-corrected chi connectivity index (χ2v) is 10.3. The Morgan fingerprint density at radius 2 is 0.958 bits per heavy atom. The Bertz CT molecular complexity index is 2390. The number of aromatic nitrogens is 1. The zero-order valence-corrected chi connectivity index (χ0v) is 24.0. The molecule has 0 fully saturated rings. The third-order valence-electron chi connectivity index (χ3n) is 7.26. The Labute approximate surface area is 264 Å². The molecular weight excluding hydrogens is 631 g/mol. The van der Waals surface area contributed by atoms with Gasteiger partial charge in [-0.05, 0) is 36.2 Å². The van der Waals surface area contributed by atoms with Gasteiger partial charge in [0, 0.05) is 30.3 Å². The molecule has 0 bridgehead atoms. The summed E-state index contributed by atoms with van der Waals surface area (Å²) in [6, 6.07) is 12.4. The number of fused-ring (bicyclic) bond motifs is 3. The molecule has 48 heavy (non-hydrogen) atoms. The molecule has 0 unspecified atom stereocenters. The number of nitrogens with zero attached hydrogens (tertiary/aromatic N) is 10. The van der Waals surface area contributed by atoms with Crippen molar-refractivity contribution < 1.29 is 22.0 Å². The van der Waals surface area contributed by atoms with Gasteiger partial charge in [-0.25, -0.2) is 56.8 Å². The van der Waals surface area contributed by atoms with Crippen LogP contribution >= 0.6 is 0 Å². The quantitative estimate of drug-likeness (QED) is 0.193. The van der Waals surface area contributed by atoms with Gasteiger partial charge in [0.1, 0.15) is 29.1 Å². The zero-order valence-electron chi connectivity index (χ0n) is 24.0. The van der Waals surface area contributed by atoms with Crippen molar-refractivity contribution in [3.8, 4) is 12.1 Å². The van der Waals surface area contributed by atoms with Crippen LogP contribution in [0, 0.1) is 65.2 Å². The van der Waals surface area contributed by atoms with E-state index in [2.05, 4.69) is 39.8 Å². The van der Waals surface area contributed by atoms with Crippen molar-refractivity contribution in [2.75, 3.05) is 0 Å². The monoisotopic (exact) mass is 642 g/mol. The summed E-state index contributed by atoms with van der Waals surface area (Å²) in [5.74, 6) is -5.89. The summed E-state index contributed by atoms with van der Waals surface area (Å²) in [5, 5.41) is 20.8. The number of nitriles is 2. The summed E-state index contributed by atoms with van der Waals surface area (Å²) >= 11 is 0. The lowest BCUT2D eigenvalue weighted by molar-refractivity contribution is 0.506. The fourth-order valence-corrected chi connectivity index (χ4v) is 4.95. The lowest BCUT2D eigenvalue weighted by atomic mass is 10.0. The molecule has 1 aromatic heterocycles. The predicted octanol–water partition coefficient (Wildman–Crippen LogP) is 2.87. The van der Waals surface area contributed by atoms with Crippen LogP contribution in [0.25, 0.3) is 21.7 Å². The van der Waals surface area contributed by atoms with Crippen LogP contribution in [0.5, 0.6) is 0 Å². The van der Waals surface area contributed by atoms with Crippen LogP contribution in [-0.4, -0.2) is 4.98 Å². The van der Waals surface area contributed by atoms with Crippen molar-refractivity contribution in [2.45, 2.75) is 6.92 Å². The molecular formula is C33H11F5N10. The number of pyridine rings is 1. The van der Waals surface area contributed by atoms with Crippen LogP contribution < -0.4 is 32.1 Å². The summed E-state index contributed by atoms with van der Waals surface area (Å²) in [6.45, 7) is 9.45. The average molecular weight is 643 g/mol. The molecule has 0 amide bonds. The summed E-state index contributed by atoms with van der Waals surface area (Å²) < 4.78 is 69.9. The SMILES string of the molecule is [C-]#[N+]C(=C1N=c2cc(F)c(F)cc2=N1)c1cc(/C(C#N)=C2/N=c3cc(C)c(F)cc3=N2)cc(C(C#N)=C2N=c3cc(F)c(F)cc3=N2)n1. The maximum Gasteiger partial charge on any atom is 0.255 e. The third-order valence-corrected chi connectivity index (χ3v) is 7.26. The Kier molecular flexibility index (Phi) is 6.85. The number of hydrogen-bond acceptors (Lipinski definition) is 9. The van der Waals surface area contributed by atoms with E-state index in [-0.39, 0.29) is 78.0 Å². The summed E-state index contributed by atoms with van der Waals surface area (Å²) in [5.41, 5.74) is -0.808. The second kappa shape index (κ2) is 11.1. The van der Waals surface area contributed by atoms with Crippen molar-refractivity contribution in [1.29, 1.82) is 10.5 Å². The number of benzene rings is 3. The first-order valence-corrected chi connectivity index (χ1v) is 13.6. The summed E-state index contributed by atoms with van der Waals surface area (Å²) in [4.78, 5) is 33.2. The van der Waals surface area contributed by atoms with Crippen molar-refractivity contribution in [3.05, 3.63) is 161 Å². The Hall–Kier alpha value is -7.05.